The predicted octanol–water partition coefficient (Wildman–Crippen LogP) is 4.73. The third-order valence-corrected chi connectivity index (χ3v) is 4.31. The molecule has 0 radical (unpaired) electrons. The van der Waals surface area contributed by atoms with Crippen molar-refractivity contribution in [3.05, 3.63) is 95.2 Å². The van der Waals surface area contributed by atoms with Gasteiger partial charge in [0.15, 0.2) is 6.61 Å². The summed E-state index contributed by atoms with van der Waals surface area (Å²) in [5.74, 6) is -0.959. The molecule has 0 aliphatic rings. The van der Waals surface area contributed by atoms with Gasteiger partial charge in [0.25, 0.3) is 0 Å². The quantitative estimate of drug-likeness (QED) is 0.381. The van der Waals surface area contributed by atoms with Gasteiger partial charge in [0, 0.05) is 24.2 Å². The molecule has 0 saturated carbocycles. The number of oxime groups is 1. The molecule has 0 fully saturated rings. The van der Waals surface area contributed by atoms with Crippen molar-refractivity contribution in [2.24, 2.45) is 5.16 Å². The fraction of sp³-hybridized carbons (Fsp3) is 0.174. The minimum absolute atomic E-state index is 0.0103. The molecule has 6 nitrogen and oxygen atoms in total. The Hall–Kier alpha value is -3.88. The van der Waals surface area contributed by atoms with Crippen molar-refractivity contribution in [3.8, 4) is 5.88 Å². The van der Waals surface area contributed by atoms with Crippen molar-refractivity contribution in [2.45, 2.75) is 19.2 Å². The topological polar surface area (TPSA) is 81.0 Å². The SMILES string of the molecule is O=C(O)COc1ccc(C(Cc2ccccc2)=NOCc2ccc(C(F)(F)F)cc2)cn1. The Kier molecular flexibility index (Phi) is 7.43. The summed E-state index contributed by atoms with van der Waals surface area (Å²) < 4.78 is 43.1. The summed E-state index contributed by atoms with van der Waals surface area (Å²) in [6, 6.07) is 17.4. The van der Waals surface area contributed by atoms with Crippen LogP contribution in [-0.2, 0) is 28.8 Å². The van der Waals surface area contributed by atoms with Crippen LogP contribution < -0.4 is 4.74 Å². The van der Waals surface area contributed by atoms with Crippen LogP contribution in [0.4, 0.5) is 13.2 Å². The van der Waals surface area contributed by atoms with Gasteiger partial charge in [0.1, 0.15) is 6.61 Å². The Morgan fingerprint density at radius 1 is 0.969 bits per heavy atom. The molecule has 1 N–H and O–H groups in total. The molecule has 3 aromatic rings. The Morgan fingerprint density at radius 3 is 2.28 bits per heavy atom. The molecule has 0 bridgehead atoms. The Balaban J connectivity index is 1.73. The number of aliphatic carboxylic acids is 1. The highest BCUT2D eigenvalue weighted by atomic mass is 19.4. The summed E-state index contributed by atoms with van der Waals surface area (Å²) in [5, 5.41) is 12.9. The number of ether oxygens (including phenoxy) is 1. The molecule has 3 rings (SSSR count). The van der Waals surface area contributed by atoms with Gasteiger partial charge in [0.2, 0.25) is 5.88 Å². The summed E-state index contributed by atoms with van der Waals surface area (Å²) in [6.07, 6.45) is -2.49. The number of carboxylic acids is 1. The minimum atomic E-state index is -4.40. The molecule has 166 valence electrons. The molecule has 1 heterocycles. The smallest absolute Gasteiger partial charge is 0.416 e. The zero-order valence-electron chi connectivity index (χ0n) is 16.7. The minimum Gasteiger partial charge on any atom is -0.479 e. The molecule has 0 saturated heterocycles. The van der Waals surface area contributed by atoms with Crippen LogP contribution in [0.25, 0.3) is 0 Å². The van der Waals surface area contributed by atoms with Gasteiger partial charge in [-0.15, -0.1) is 0 Å². The fourth-order valence-corrected chi connectivity index (χ4v) is 2.72. The second-order valence-corrected chi connectivity index (χ2v) is 6.74. The van der Waals surface area contributed by atoms with Gasteiger partial charge in [-0.1, -0.05) is 47.6 Å². The first-order chi connectivity index (χ1) is 15.3. The highest BCUT2D eigenvalue weighted by molar-refractivity contribution is 6.01. The van der Waals surface area contributed by atoms with E-state index in [4.69, 9.17) is 14.7 Å². The van der Waals surface area contributed by atoms with E-state index in [1.54, 1.807) is 6.07 Å². The Morgan fingerprint density at radius 2 is 1.69 bits per heavy atom. The second kappa shape index (κ2) is 10.4. The molecule has 32 heavy (non-hydrogen) atoms. The second-order valence-electron chi connectivity index (χ2n) is 6.74. The third kappa shape index (κ3) is 6.83. The van der Waals surface area contributed by atoms with Gasteiger partial charge in [0.05, 0.1) is 11.3 Å². The van der Waals surface area contributed by atoms with E-state index in [0.717, 1.165) is 17.7 Å². The number of nitrogens with zero attached hydrogens (tertiary/aromatic N) is 2. The molecule has 2 aromatic carbocycles. The maximum Gasteiger partial charge on any atom is 0.416 e. The summed E-state index contributed by atoms with van der Waals surface area (Å²) in [5.41, 5.74) is 1.95. The van der Waals surface area contributed by atoms with Gasteiger partial charge in [-0.3, -0.25) is 0 Å². The van der Waals surface area contributed by atoms with Crippen molar-refractivity contribution in [2.75, 3.05) is 6.61 Å². The van der Waals surface area contributed by atoms with Gasteiger partial charge >= 0.3 is 12.1 Å². The van der Waals surface area contributed by atoms with Crippen LogP contribution in [0.2, 0.25) is 0 Å². The lowest BCUT2D eigenvalue weighted by atomic mass is 10.0. The van der Waals surface area contributed by atoms with Crippen molar-refractivity contribution >= 4 is 11.7 Å². The third-order valence-electron chi connectivity index (χ3n) is 4.31. The molecule has 0 atom stereocenters. The number of halogens is 3. The molecule has 1 aromatic heterocycles. The summed E-state index contributed by atoms with van der Waals surface area (Å²) in [6.45, 7) is -0.517. The highest BCUT2D eigenvalue weighted by Crippen LogP contribution is 2.29. The van der Waals surface area contributed by atoms with Gasteiger partial charge in [-0.25, -0.2) is 9.78 Å². The molecule has 0 amide bonds. The number of alkyl halides is 3. The van der Waals surface area contributed by atoms with Gasteiger partial charge < -0.3 is 14.7 Å². The van der Waals surface area contributed by atoms with Crippen molar-refractivity contribution in [3.63, 3.8) is 0 Å². The number of rotatable bonds is 9. The first-order valence-electron chi connectivity index (χ1n) is 9.51. The van der Waals surface area contributed by atoms with Gasteiger partial charge in [-0.05, 0) is 29.3 Å². The normalized spacial score (nSPS) is 11.8. The molecular weight excluding hydrogens is 425 g/mol. The lowest BCUT2D eigenvalue weighted by Crippen LogP contribution is -2.11. The largest absolute Gasteiger partial charge is 0.479 e. The standard InChI is InChI=1S/C23H19F3N2O4/c24-23(25,26)19-9-6-17(7-10-19)14-32-28-20(12-16-4-2-1-3-5-16)18-8-11-21(27-13-18)31-15-22(29)30/h1-11,13H,12,14-15H2,(H,29,30). The zero-order chi connectivity index (χ0) is 23.0. The maximum atomic E-state index is 12.7. The number of carbonyl (C=O) groups is 1. The van der Waals surface area contributed by atoms with E-state index in [2.05, 4.69) is 10.1 Å². The molecule has 0 aliphatic heterocycles. The lowest BCUT2D eigenvalue weighted by Gasteiger charge is -2.09. The van der Waals surface area contributed by atoms with Crippen LogP contribution in [0.15, 0.2) is 78.1 Å². The number of benzene rings is 2. The first-order valence-corrected chi connectivity index (χ1v) is 9.51. The Bertz CT molecular complexity index is 1050. The van der Waals surface area contributed by atoms with E-state index in [0.29, 0.717) is 23.3 Å². The average Bonchev–Trinajstić information content (AvgIpc) is 2.78. The molecular formula is C23H19F3N2O4. The van der Waals surface area contributed by atoms with Gasteiger partial charge in [-0.2, -0.15) is 13.2 Å². The predicted molar refractivity (Wildman–Crippen MR) is 110 cm³/mol. The molecule has 9 heteroatoms. The van der Waals surface area contributed by atoms with Crippen LogP contribution >= 0.6 is 0 Å². The summed E-state index contributed by atoms with van der Waals surface area (Å²) >= 11 is 0. The van der Waals surface area contributed by atoms with Crippen molar-refractivity contribution in [1.29, 1.82) is 0 Å². The highest BCUT2D eigenvalue weighted by Gasteiger charge is 2.29. The zero-order valence-corrected chi connectivity index (χ0v) is 16.7. The van der Waals surface area contributed by atoms with Crippen LogP contribution in [0.3, 0.4) is 0 Å². The fourth-order valence-electron chi connectivity index (χ4n) is 2.72. The summed E-state index contributed by atoms with van der Waals surface area (Å²) in [4.78, 5) is 20.1. The van der Waals surface area contributed by atoms with E-state index in [1.165, 1.54) is 24.4 Å². The van der Waals surface area contributed by atoms with Crippen LogP contribution in [-0.4, -0.2) is 28.4 Å². The van der Waals surface area contributed by atoms with Crippen LogP contribution in [0.1, 0.15) is 22.3 Å². The number of aromatic nitrogens is 1. The molecule has 0 unspecified atom stereocenters. The van der Waals surface area contributed by atoms with E-state index >= 15 is 0 Å². The molecule has 0 spiro atoms. The molecule has 0 aliphatic carbocycles. The maximum absolute atomic E-state index is 12.7. The number of pyridine rings is 1. The number of hydrogen-bond acceptors (Lipinski definition) is 5. The number of hydrogen-bond donors (Lipinski definition) is 1. The van der Waals surface area contributed by atoms with Crippen LogP contribution in [0, 0.1) is 0 Å². The van der Waals surface area contributed by atoms with E-state index in [-0.39, 0.29) is 12.5 Å². The Labute approximate surface area is 181 Å². The van der Waals surface area contributed by atoms with E-state index < -0.39 is 24.3 Å². The lowest BCUT2D eigenvalue weighted by molar-refractivity contribution is -0.139. The van der Waals surface area contributed by atoms with Crippen molar-refractivity contribution < 1.29 is 32.6 Å². The first kappa shape index (κ1) is 22.8. The van der Waals surface area contributed by atoms with E-state index in [1.807, 2.05) is 30.3 Å². The van der Waals surface area contributed by atoms with Crippen molar-refractivity contribution in [1.82, 2.24) is 4.98 Å². The van der Waals surface area contributed by atoms with Crippen LogP contribution in [0.5, 0.6) is 5.88 Å². The van der Waals surface area contributed by atoms with E-state index in [9.17, 15) is 18.0 Å². The summed E-state index contributed by atoms with van der Waals surface area (Å²) in [7, 11) is 0. The average molecular weight is 444 g/mol. The number of carboxylic acid groups (broad SMARTS) is 1. The monoisotopic (exact) mass is 444 g/mol.